The van der Waals surface area contributed by atoms with Crippen molar-refractivity contribution in [3.05, 3.63) is 67.5 Å². The summed E-state index contributed by atoms with van der Waals surface area (Å²) in [6, 6.07) is 9.41. The van der Waals surface area contributed by atoms with Gasteiger partial charge in [0.05, 0.1) is 27.4 Å². The van der Waals surface area contributed by atoms with Crippen molar-refractivity contribution in [1.82, 2.24) is 20.1 Å². The second-order valence-corrected chi connectivity index (χ2v) is 9.09. The third kappa shape index (κ3) is 5.22. The Morgan fingerprint density at radius 2 is 1.88 bits per heavy atom. The molecule has 0 bridgehead atoms. The van der Waals surface area contributed by atoms with Gasteiger partial charge in [-0.25, -0.2) is 9.67 Å². The molecule has 2 heterocycles. The van der Waals surface area contributed by atoms with Crippen LogP contribution >= 0.6 is 50.7 Å². The number of carbonyl (C=O) groups excluding carboxylic acids is 2. The highest BCUT2D eigenvalue weighted by Gasteiger charge is 2.26. The lowest BCUT2D eigenvalue weighted by atomic mass is 10.1. The predicted octanol–water partition coefficient (Wildman–Crippen LogP) is 5.27. The molecule has 0 unspecified atom stereocenters. The van der Waals surface area contributed by atoms with Crippen LogP contribution in [-0.2, 0) is 0 Å². The standard InChI is InChI=1S/C20H14BrCl3N6O2/c1-20(2,9-25)28-18(31)11-6-10(22)7-13(24)16(11)27-19(32)14-8-15(21)29-30(14)17-12(23)4-3-5-26-17/h3-8H,1-2H3,(H,27,32)(H,28,31). The Labute approximate surface area is 206 Å². The van der Waals surface area contributed by atoms with Crippen LogP contribution in [-0.4, -0.2) is 32.1 Å². The number of hydrogen-bond donors (Lipinski definition) is 2. The molecule has 0 saturated heterocycles. The fraction of sp³-hybridized carbons (Fsp3) is 0.150. The lowest BCUT2D eigenvalue weighted by molar-refractivity contribution is 0.0930. The topological polar surface area (TPSA) is 113 Å². The van der Waals surface area contributed by atoms with E-state index in [1.807, 2.05) is 6.07 Å². The van der Waals surface area contributed by atoms with Gasteiger partial charge in [-0.2, -0.15) is 10.4 Å². The number of nitrogens with zero attached hydrogens (tertiary/aromatic N) is 4. The van der Waals surface area contributed by atoms with Crippen LogP contribution in [0.1, 0.15) is 34.7 Å². The normalized spacial score (nSPS) is 11.0. The van der Waals surface area contributed by atoms with Gasteiger partial charge < -0.3 is 10.6 Å². The maximum atomic E-state index is 13.1. The van der Waals surface area contributed by atoms with E-state index in [0.717, 1.165) is 0 Å². The van der Waals surface area contributed by atoms with Crippen LogP contribution in [0.4, 0.5) is 5.69 Å². The van der Waals surface area contributed by atoms with E-state index in [1.54, 1.807) is 12.1 Å². The third-order valence-electron chi connectivity index (χ3n) is 4.10. The molecular weight excluding hydrogens is 543 g/mol. The van der Waals surface area contributed by atoms with Crippen LogP contribution in [0.25, 0.3) is 5.82 Å². The van der Waals surface area contributed by atoms with E-state index in [2.05, 4.69) is 36.6 Å². The zero-order valence-electron chi connectivity index (χ0n) is 16.6. The Morgan fingerprint density at radius 1 is 1.16 bits per heavy atom. The van der Waals surface area contributed by atoms with Gasteiger partial charge in [0, 0.05) is 17.3 Å². The summed E-state index contributed by atoms with van der Waals surface area (Å²) in [6.45, 7) is 3.06. The first-order valence-electron chi connectivity index (χ1n) is 8.93. The summed E-state index contributed by atoms with van der Waals surface area (Å²) < 4.78 is 1.62. The van der Waals surface area contributed by atoms with Crippen molar-refractivity contribution in [2.24, 2.45) is 0 Å². The number of pyridine rings is 1. The summed E-state index contributed by atoms with van der Waals surface area (Å²) in [5.41, 5.74) is -1.08. The van der Waals surface area contributed by atoms with Crippen LogP contribution in [0.5, 0.6) is 0 Å². The summed E-state index contributed by atoms with van der Waals surface area (Å²) in [5, 5.41) is 19.1. The smallest absolute Gasteiger partial charge is 0.274 e. The molecule has 2 aromatic heterocycles. The van der Waals surface area contributed by atoms with Crippen LogP contribution in [0.15, 0.2) is 41.1 Å². The molecular formula is C20H14BrCl3N6O2. The largest absolute Gasteiger partial charge is 0.334 e. The van der Waals surface area contributed by atoms with Crippen molar-refractivity contribution >= 4 is 68.2 Å². The lowest BCUT2D eigenvalue weighted by Gasteiger charge is -2.20. The van der Waals surface area contributed by atoms with E-state index in [-0.39, 0.29) is 37.8 Å². The number of rotatable bonds is 5. The molecule has 1 aromatic carbocycles. The molecule has 2 amide bonds. The Kier molecular flexibility index (Phi) is 7.10. The minimum absolute atomic E-state index is 0.0137. The summed E-state index contributed by atoms with van der Waals surface area (Å²) in [6.07, 6.45) is 1.51. The monoisotopic (exact) mass is 554 g/mol. The third-order valence-corrected chi connectivity index (χ3v) is 5.29. The molecule has 0 aliphatic rings. The molecule has 2 N–H and O–H groups in total. The number of nitriles is 1. The van der Waals surface area contributed by atoms with E-state index in [0.29, 0.717) is 4.60 Å². The number of nitrogens with one attached hydrogen (secondary N) is 2. The van der Waals surface area contributed by atoms with Crippen LogP contribution in [0.2, 0.25) is 15.1 Å². The summed E-state index contributed by atoms with van der Waals surface area (Å²) in [5.74, 6) is -1.04. The molecule has 12 heteroatoms. The van der Waals surface area contributed by atoms with Crippen molar-refractivity contribution in [3.63, 3.8) is 0 Å². The molecule has 0 spiro atoms. The zero-order valence-corrected chi connectivity index (χ0v) is 20.4. The summed E-state index contributed by atoms with van der Waals surface area (Å²) >= 11 is 21.8. The number of carbonyl (C=O) groups is 2. The second kappa shape index (κ2) is 9.46. The molecule has 3 aromatic rings. The van der Waals surface area contributed by atoms with Gasteiger partial charge in [-0.15, -0.1) is 0 Å². The molecule has 0 saturated carbocycles. The van der Waals surface area contributed by atoms with Gasteiger partial charge in [0.15, 0.2) is 5.82 Å². The van der Waals surface area contributed by atoms with E-state index >= 15 is 0 Å². The van der Waals surface area contributed by atoms with Gasteiger partial charge >= 0.3 is 0 Å². The highest BCUT2D eigenvalue weighted by atomic mass is 79.9. The quantitative estimate of drug-likeness (QED) is 0.444. The minimum Gasteiger partial charge on any atom is -0.334 e. The van der Waals surface area contributed by atoms with Gasteiger partial charge in [0.25, 0.3) is 11.8 Å². The number of hydrogen-bond acceptors (Lipinski definition) is 5. The number of amides is 2. The maximum Gasteiger partial charge on any atom is 0.274 e. The van der Waals surface area contributed by atoms with Gasteiger partial charge in [0.2, 0.25) is 0 Å². The second-order valence-electron chi connectivity index (χ2n) is 7.03. The Morgan fingerprint density at radius 3 is 2.53 bits per heavy atom. The highest BCUT2D eigenvalue weighted by Crippen LogP contribution is 2.31. The van der Waals surface area contributed by atoms with Crippen LogP contribution < -0.4 is 10.6 Å². The fourth-order valence-corrected chi connectivity index (χ4v) is 3.76. The van der Waals surface area contributed by atoms with Crippen molar-refractivity contribution in [2.75, 3.05) is 5.32 Å². The first kappa shape index (κ1) is 24.0. The predicted molar refractivity (Wildman–Crippen MR) is 126 cm³/mol. The van der Waals surface area contributed by atoms with E-state index in [4.69, 9.17) is 34.8 Å². The maximum absolute atomic E-state index is 13.1. The van der Waals surface area contributed by atoms with Crippen molar-refractivity contribution < 1.29 is 9.59 Å². The molecule has 0 atom stereocenters. The zero-order chi connectivity index (χ0) is 23.6. The van der Waals surface area contributed by atoms with E-state index < -0.39 is 17.4 Å². The number of anilines is 1. The Hall–Kier alpha value is -2.64. The summed E-state index contributed by atoms with van der Waals surface area (Å²) in [4.78, 5) is 30.1. The molecule has 3 rings (SSSR count). The van der Waals surface area contributed by atoms with Crippen molar-refractivity contribution in [2.45, 2.75) is 19.4 Å². The Balaban J connectivity index is 2.02. The van der Waals surface area contributed by atoms with Gasteiger partial charge in [0.1, 0.15) is 15.8 Å². The summed E-state index contributed by atoms with van der Waals surface area (Å²) in [7, 11) is 0. The lowest BCUT2D eigenvalue weighted by Crippen LogP contribution is -2.42. The van der Waals surface area contributed by atoms with Crippen LogP contribution in [0.3, 0.4) is 0 Å². The average Bonchev–Trinajstić information content (AvgIpc) is 3.11. The minimum atomic E-state index is -1.16. The molecule has 0 radical (unpaired) electrons. The van der Waals surface area contributed by atoms with Gasteiger partial charge in [-0.05, 0) is 54.0 Å². The van der Waals surface area contributed by atoms with Crippen LogP contribution in [0, 0.1) is 11.3 Å². The number of benzene rings is 1. The molecule has 0 aliphatic carbocycles. The Bertz CT molecular complexity index is 1270. The van der Waals surface area contributed by atoms with E-state index in [1.165, 1.54) is 42.9 Å². The first-order valence-corrected chi connectivity index (χ1v) is 10.9. The fourth-order valence-electron chi connectivity index (χ4n) is 2.65. The first-order chi connectivity index (χ1) is 15.0. The molecule has 8 nitrogen and oxygen atoms in total. The average molecular weight is 557 g/mol. The molecule has 164 valence electrons. The molecule has 32 heavy (non-hydrogen) atoms. The van der Waals surface area contributed by atoms with Gasteiger partial charge in [-0.3, -0.25) is 9.59 Å². The molecule has 0 aliphatic heterocycles. The van der Waals surface area contributed by atoms with Gasteiger partial charge in [-0.1, -0.05) is 34.8 Å². The van der Waals surface area contributed by atoms with Crippen molar-refractivity contribution in [1.29, 1.82) is 5.26 Å². The highest BCUT2D eigenvalue weighted by molar-refractivity contribution is 9.10. The number of halogens is 4. The van der Waals surface area contributed by atoms with Crippen molar-refractivity contribution in [3.8, 4) is 11.9 Å². The molecule has 0 fully saturated rings. The SMILES string of the molecule is CC(C)(C#N)NC(=O)c1cc(Cl)cc(Cl)c1NC(=O)c1cc(Br)nn1-c1ncccc1Cl. The van der Waals surface area contributed by atoms with E-state index in [9.17, 15) is 14.9 Å². The number of aromatic nitrogens is 3.